The molecular weight excluding hydrogens is 385 g/mol. The van der Waals surface area contributed by atoms with E-state index in [-0.39, 0.29) is 17.1 Å². The number of benzene rings is 1. The Morgan fingerprint density at radius 2 is 1.96 bits per heavy atom. The summed E-state index contributed by atoms with van der Waals surface area (Å²) in [5.74, 6) is -0.154. The van der Waals surface area contributed by atoms with Gasteiger partial charge in [0.25, 0.3) is 10.0 Å². The fraction of sp³-hybridized carbons (Fsp3) is 0.143. The number of carbonyl (C=O) groups excluding carboxylic acids is 1. The van der Waals surface area contributed by atoms with Gasteiger partial charge in [-0.15, -0.1) is 0 Å². The van der Waals surface area contributed by atoms with Gasteiger partial charge < -0.3 is 4.74 Å². The number of rotatable bonds is 5. The van der Waals surface area contributed by atoms with Crippen LogP contribution in [0.15, 0.2) is 35.4 Å². The summed E-state index contributed by atoms with van der Waals surface area (Å²) in [6, 6.07) is 3.30. The van der Waals surface area contributed by atoms with Crippen molar-refractivity contribution in [3.05, 3.63) is 46.6 Å². The number of alkyl halides is 3. The second kappa shape index (κ2) is 6.89. The van der Waals surface area contributed by atoms with Gasteiger partial charge in [-0.3, -0.25) is 9.52 Å². The molecular formula is C14H10ClF3N2O4S. The fourth-order valence-electron chi connectivity index (χ4n) is 1.86. The van der Waals surface area contributed by atoms with Gasteiger partial charge in [0.05, 0.1) is 22.6 Å². The number of halogens is 4. The Morgan fingerprint density at radius 1 is 1.28 bits per heavy atom. The number of aromatic nitrogens is 1. The van der Waals surface area contributed by atoms with E-state index in [0.717, 1.165) is 24.4 Å². The number of aldehydes is 1. The quantitative estimate of drug-likeness (QED) is 0.786. The molecule has 0 radical (unpaired) electrons. The third-order valence-corrected chi connectivity index (χ3v) is 4.69. The fourth-order valence-corrected chi connectivity index (χ4v) is 3.16. The monoisotopic (exact) mass is 394 g/mol. The van der Waals surface area contributed by atoms with Crippen LogP contribution in [0.4, 0.5) is 18.9 Å². The van der Waals surface area contributed by atoms with E-state index in [2.05, 4.69) is 4.98 Å². The lowest BCUT2D eigenvalue weighted by Crippen LogP contribution is -2.16. The molecule has 6 nitrogen and oxygen atoms in total. The number of nitrogens with one attached hydrogen (secondary N) is 1. The van der Waals surface area contributed by atoms with E-state index >= 15 is 0 Å². The Morgan fingerprint density at radius 3 is 2.52 bits per heavy atom. The minimum Gasteiger partial charge on any atom is -0.480 e. The second-order valence-corrected chi connectivity index (χ2v) is 6.78. The van der Waals surface area contributed by atoms with Crippen molar-refractivity contribution in [1.29, 1.82) is 0 Å². The Labute approximate surface area is 145 Å². The van der Waals surface area contributed by atoms with Crippen LogP contribution in [0.3, 0.4) is 0 Å². The maximum absolute atomic E-state index is 12.9. The Bertz CT molecular complexity index is 917. The zero-order chi connectivity index (χ0) is 18.8. The summed E-state index contributed by atoms with van der Waals surface area (Å²) in [5, 5.41) is -0.631. The maximum atomic E-state index is 12.9. The number of hydrogen-bond donors (Lipinski definition) is 1. The molecule has 25 heavy (non-hydrogen) atoms. The van der Waals surface area contributed by atoms with Gasteiger partial charge in [0.1, 0.15) is 5.69 Å². The molecule has 0 fully saturated rings. The lowest BCUT2D eigenvalue weighted by molar-refractivity contribution is -0.137. The number of pyridine rings is 1. The Hall–Kier alpha value is -2.33. The lowest BCUT2D eigenvalue weighted by Gasteiger charge is -2.14. The predicted octanol–water partition coefficient (Wildman–Crippen LogP) is 3.38. The number of carbonyl (C=O) groups is 1. The molecule has 2 aromatic rings. The largest absolute Gasteiger partial charge is 0.480 e. The highest BCUT2D eigenvalue weighted by atomic mass is 35.5. The summed E-state index contributed by atoms with van der Waals surface area (Å²) < 4.78 is 70.3. The van der Waals surface area contributed by atoms with Crippen molar-refractivity contribution in [3.63, 3.8) is 0 Å². The molecule has 0 aliphatic carbocycles. The van der Waals surface area contributed by atoms with E-state index in [1.54, 1.807) is 0 Å². The summed E-state index contributed by atoms with van der Waals surface area (Å²) in [7, 11) is -3.20. The third kappa shape index (κ3) is 4.20. The van der Waals surface area contributed by atoms with Crippen LogP contribution in [-0.4, -0.2) is 26.8 Å². The molecule has 2 rings (SSSR count). The number of anilines is 1. The summed E-state index contributed by atoms with van der Waals surface area (Å²) >= 11 is 5.47. The highest BCUT2D eigenvalue weighted by Gasteiger charge is 2.34. The van der Waals surface area contributed by atoms with Crippen LogP contribution in [0.25, 0.3) is 0 Å². The van der Waals surface area contributed by atoms with E-state index in [1.165, 1.54) is 7.11 Å². The molecule has 0 saturated carbocycles. The van der Waals surface area contributed by atoms with Crippen molar-refractivity contribution < 1.29 is 31.1 Å². The molecule has 1 N–H and O–H groups in total. The molecule has 0 unspecified atom stereocenters. The molecule has 11 heteroatoms. The molecule has 0 saturated heterocycles. The van der Waals surface area contributed by atoms with Crippen molar-refractivity contribution in [1.82, 2.24) is 4.98 Å². The van der Waals surface area contributed by atoms with E-state index in [0.29, 0.717) is 12.4 Å². The second-order valence-electron chi connectivity index (χ2n) is 4.69. The number of nitrogens with zero attached hydrogens (tertiary/aromatic N) is 1. The van der Waals surface area contributed by atoms with Gasteiger partial charge in [0.15, 0.2) is 6.29 Å². The number of sulfonamides is 1. The first-order valence-electron chi connectivity index (χ1n) is 6.47. The number of methoxy groups -OCH3 is 1. The van der Waals surface area contributed by atoms with Crippen molar-refractivity contribution >= 4 is 33.6 Å². The first kappa shape index (κ1) is 19.0. The van der Waals surface area contributed by atoms with E-state index in [4.69, 9.17) is 16.3 Å². The van der Waals surface area contributed by atoms with Crippen LogP contribution in [0.5, 0.6) is 5.88 Å². The van der Waals surface area contributed by atoms with Gasteiger partial charge in [-0.1, -0.05) is 11.6 Å². The molecule has 134 valence electrons. The summed E-state index contributed by atoms with van der Waals surface area (Å²) in [6.45, 7) is 0. The van der Waals surface area contributed by atoms with Crippen molar-refractivity contribution in [2.24, 2.45) is 0 Å². The maximum Gasteiger partial charge on any atom is 0.417 e. The topological polar surface area (TPSA) is 85.4 Å². The summed E-state index contributed by atoms with van der Waals surface area (Å²) in [5.41, 5.74) is -1.44. The Balaban J connectivity index is 2.49. The standard InChI is InChI=1S/C14H10ClF3N2O4S/c1-24-13-12(4-8(7-21)6-19-13)20-25(22,23)9-2-3-11(15)10(5-9)14(16,17)18/h2-7,20H,1H3. The highest BCUT2D eigenvalue weighted by Crippen LogP contribution is 2.36. The molecule has 1 aromatic heterocycles. The van der Waals surface area contributed by atoms with Gasteiger partial charge in [0, 0.05) is 11.8 Å². The minimum atomic E-state index is -4.82. The number of ether oxygens (including phenoxy) is 1. The van der Waals surface area contributed by atoms with Crippen molar-refractivity contribution in [2.75, 3.05) is 11.8 Å². The smallest absolute Gasteiger partial charge is 0.417 e. The van der Waals surface area contributed by atoms with Gasteiger partial charge in [-0.25, -0.2) is 13.4 Å². The van der Waals surface area contributed by atoms with E-state index < -0.39 is 31.7 Å². The lowest BCUT2D eigenvalue weighted by atomic mass is 10.2. The molecule has 0 aliphatic rings. The minimum absolute atomic E-state index is 0.0468. The predicted molar refractivity (Wildman–Crippen MR) is 83.4 cm³/mol. The zero-order valence-corrected chi connectivity index (χ0v) is 14.0. The van der Waals surface area contributed by atoms with Crippen LogP contribution in [0, 0.1) is 0 Å². The molecule has 0 spiro atoms. The van der Waals surface area contributed by atoms with Crippen LogP contribution in [0.1, 0.15) is 15.9 Å². The average molecular weight is 395 g/mol. The van der Waals surface area contributed by atoms with Crippen molar-refractivity contribution in [3.8, 4) is 5.88 Å². The first-order chi connectivity index (χ1) is 11.6. The highest BCUT2D eigenvalue weighted by molar-refractivity contribution is 7.92. The molecule has 0 amide bonds. The van der Waals surface area contributed by atoms with Gasteiger partial charge >= 0.3 is 6.18 Å². The molecule has 0 aliphatic heterocycles. The molecule has 0 atom stereocenters. The van der Waals surface area contributed by atoms with Crippen LogP contribution in [0.2, 0.25) is 5.02 Å². The SMILES string of the molecule is COc1ncc(C=O)cc1NS(=O)(=O)c1ccc(Cl)c(C(F)(F)F)c1. The normalized spacial score (nSPS) is 11.9. The van der Waals surface area contributed by atoms with Crippen LogP contribution < -0.4 is 9.46 Å². The van der Waals surface area contributed by atoms with Gasteiger partial charge in [-0.05, 0) is 24.3 Å². The molecule has 0 bridgehead atoms. The molecule has 1 aromatic carbocycles. The van der Waals surface area contributed by atoms with Crippen LogP contribution >= 0.6 is 11.6 Å². The van der Waals surface area contributed by atoms with Crippen LogP contribution in [-0.2, 0) is 16.2 Å². The van der Waals surface area contributed by atoms with Gasteiger partial charge in [-0.2, -0.15) is 13.2 Å². The Kier molecular flexibility index (Phi) is 5.23. The first-order valence-corrected chi connectivity index (χ1v) is 8.33. The number of hydrogen-bond acceptors (Lipinski definition) is 5. The van der Waals surface area contributed by atoms with Gasteiger partial charge in [0.2, 0.25) is 5.88 Å². The zero-order valence-electron chi connectivity index (χ0n) is 12.5. The van der Waals surface area contributed by atoms with E-state index in [1.807, 2.05) is 4.72 Å². The molecule has 1 heterocycles. The summed E-state index contributed by atoms with van der Waals surface area (Å²) in [4.78, 5) is 13.9. The van der Waals surface area contributed by atoms with Crippen molar-refractivity contribution in [2.45, 2.75) is 11.1 Å². The third-order valence-electron chi connectivity index (χ3n) is 3.00. The summed E-state index contributed by atoms with van der Waals surface area (Å²) in [6.07, 6.45) is -3.25. The average Bonchev–Trinajstić information content (AvgIpc) is 2.53. The van der Waals surface area contributed by atoms with E-state index in [9.17, 15) is 26.4 Å².